The minimum Gasteiger partial charge on any atom is -0.507 e. The van der Waals surface area contributed by atoms with Crippen LogP contribution in [0.25, 0.3) is 0 Å². The molecule has 3 aromatic carbocycles. The van der Waals surface area contributed by atoms with E-state index in [-0.39, 0.29) is 11.5 Å². The molecule has 0 spiro atoms. The predicted molar refractivity (Wildman–Crippen MR) is 137 cm³/mol. The zero-order valence-electron chi connectivity index (χ0n) is 19.4. The molecule has 1 N–H and O–H groups in total. The number of carbonyl (C=O) groups is 1. The lowest BCUT2D eigenvalue weighted by atomic mass is 10.1. The highest BCUT2D eigenvalue weighted by Crippen LogP contribution is 2.26. The van der Waals surface area contributed by atoms with Crippen LogP contribution in [0.15, 0.2) is 71.7 Å². The second-order valence-corrected chi connectivity index (χ2v) is 8.37. The zero-order chi connectivity index (χ0) is 24.2. The molecule has 5 nitrogen and oxygen atoms in total. The van der Waals surface area contributed by atoms with Gasteiger partial charge >= 0.3 is 5.97 Å². The summed E-state index contributed by atoms with van der Waals surface area (Å²) in [4.78, 5) is 16.8. The van der Waals surface area contributed by atoms with Crippen molar-refractivity contribution < 1.29 is 19.4 Å². The second kappa shape index (κ2) is 13.4. The van der Waals surface area contributed by atoms with Gasteiger partial charge in [0.05, 0.1) is 22.9 Å². The first kappa shape index (κ1) is 25.3. The minimum absolute atomic E-state index is 0.0560. The van der Waals surface area contributed by atoms with Crippen molar-refractivity contribution >= 4 is 29.5 Å². The third kappa shape index (κ3) is 7.92. The maximum absolute atomic E-state index is 12.5. The number of benzene rings is 3. The highest BCUT2D eigenvalue weighted by atomic mass is 35.5. The Balaban J connectivity index is 1.50. The van der Waals surface area contributed by atoms with E-state index in [4.69, 9.17) is 21.1 Å². The Hall–Kier alpha value is -3.31. The van der Waals surface area contributed by atoms with Crippen LogP contribution in [0, 0.1) is 0 Å². The SMILES string of the molecule is CCCCCCCCOc1ccc(C(=O)Oc2ccc(C=Nc3ccccc3Cl)c(O)c2)cc1. The first-order chi connectivity index (χ1) is 16.6. The van der Waals surface area contributed by atoms with Gasteiger partial charge in [0.25, 0.3) is 0 Å². The number of esters is 1. The van der Waals surface area contributed by atoms with Gasteiger partial charge in [-0.15, -0.1) is 0 Å². The van der Waals surface area contributed by atoms with Crippen LogP contribution in [0.5, 0.6) is 17.2 Å². The smallest absolute Gasteiger partial charge is 0.343 e. The molecule has 0 aromatic heterocycles. The van der Waals surface area contributed by atoms with Gasteiger partial charge in [-0.1, -0.05) is 62.8 Å². The summed E-state index contributed by atoms with van der Waals surface area (Å²) in [7, 11) is 0. The summed E-state index contributed by atoms with van der Waals surface area (Å²) in [6.07, 6.45) is 8.76. The molecule has 0 saturated heterocycles. The number of phenolic OH excluding ortho intramolecular Hbond substituents is 1. The number of nitrogens with zero attached hydrogens (tertiary/aromatic N) is 1. The van der Waals surface area contributed by atoms with E-state index in [0.29, 0.717) is 28.4 Å². The molecule has 0 radical (unpaired) electrons. The molecule has 0 heterocycles. The molecule has 6 heteroatoms. The fourth-order valence-electron chi connectivity index (χ4n) is 3.32. The van der Waals surface area contributed by atoms with Crippen molar-refractivity contribution in [3.63, 3.8) is 0 Å². The lowest BCUT2D eigenvalue weighted by Gasteiger charge is -2.08. The Morgan fingerprint density at radius 1 is 0.941 bits per heavy atom. The summed E-state index contributed by atoms with van der Waals surface area (Å²) in [6, 6.07) is 18.6. The molecular weight excluding hydrogens is 450 g/mol. The molecule has 0 aliphatic carbocycles. The van der Waals surface area contributed by atoms with Gasteiger partial charge in [-0.2, -0.15) is 0 Å². The first-order valence-corrected chi connectivity index (χ1v) is 12.0. The van der Waals surface area contributed by atoms with Crippen molar-refractivity contribution in [3.05, 3.63) is 82.9 Å². The van der Waals surface area contributed by atoms with Crippen molar-refractivity contribution in [2.24, 2.45) is 4.99 Å². The van der Waals surface area contributed by atoms with E-state index in [2.05, 4.69) is 11.9 Å². The summed E-state index contributed by atoms with van der Waals surface area (Å²) in [6.45, 7) is 2.88. The minimum atomic E-state index is -0.514. The largest absolute Gasteiger partial charge is 0.507 e. The van der Waals surface area contributed by atoms with Crippen LogP contribution in [0.1, 0.15) is 61.4 Å². The summed E-state index contributed by atoms with van der Waals surface area (Å²) >= 11 is 6.09. The third-order valence-corrected chi connectivity index (χ3v) is 5.58. The number of carbonyl (C=O) groups excluding carboxylic acids is 1. The number of para-hydroxylation sites is 1. The maximum atomic E-state index is 12.5. The average Bonchev–Trinajstić information content (AvgIpc) is 2.84. The summed E-state index contributed by atoms with van der Waals surface area (Å²) < 4.78 is 11.1. The Morgan fingerprint density at radius 3 is 2.38 bits per heavy atom. The van der Waals surface area contributed by atoms with E-state index >= 15 is 0 Å². The van der Waals surface area contributed by atoms with Crippen LogP contribution in [-0.2, 0) is 0 Å². The van der Waals surface area contributed by atoms with E-state index in [1.165, 1.54) is 44.4 Å². The quantitative estimate of drug-likeness (QED) is 0.125. The molecule has 0 aliphatic heterocycles. The van der Waals surface area contributed by atoms with Crippen LogP contribution in [0.4, 0.5) is 5.69 Å². The maximum Gasteiger partial charge on any atom is 0.343 e. The molecule has 3 rings (SSSR count). The fourth-order valence-corrected chi connectivity index (χ4v) is 3.50. The summed E-state index contributed by atoms with van der Waals surface area (Å²) in [5.41, 5.74) is 1.47. The standard InChI is InChI=1S/C28H30ClNO4/c1-2-3-4-5-6-9-18-33-23-15-12-21(13-16-23)28(32)34-24-17-14-22(27(31)19-24)20-30-26-11-8-7-10-25(26)29/h7-8,10-17,19-20,31H,2-6,9,18H2,1H3. The molecule has 0 amide bonds. The fraction of sp³-hybridized carbons (Fsp3) is 0.286. The topological polar surface area (TPSA) is 68.1 Å². The molecule has 0 saturated carbocycles. The Labute approximate surface area is 206 Å². The molecule has 0 bridgehead atoms. The van der Waals surface area contributed by atoms with Crippen LogP contribution in [0.3, 0.4) is 0 Å². The number of halogens is 1. The highest BCUT2D eigenvalue weighted by Gasteiger charge is 2.11. The van der Waals surface area contributed by atoms with Gasteiger partial charge in [0.15, 0.2) is 0 Å². The van der Waals surface area contributed by atoms with E-state index < -0.39 is 5.97 Å². The van der Waals surface area contributed by atoms with E-state index in [9.17, 15) is 9.90 Å². The Kier molecular flexibility index (Phi) is 9.98. The van der Waals surface area contributed by atoms with Crippen LogP contribution in [0.2, 0.25) is 5.02 Å². The van der Waals surface area contributed by atoms with E-state index in [0.717, 1.165) is 12.2 Å². The van der Waals surface area contributed by atoms with Gasteiger partial charge < -0.3 is 14.6 Å². The molecule has 0 aliphatic rings. The van der Waals surface area contributed by atoms with Gasteiger partial charge in [-0.3, -0.25) is 4.99 Å². The van der Waals surface area contributed by atoms with Gasteiger partial charge in [0.2, 0.25) is 0 Å². The number of ether oxygens (including phenoxy) is 2. The summed E-state index contributed by atoms with van der Waals surface area (Å²) in [5.74, 6) is 0.393. The number of aliphatic imine (C=N–C) groups is 1. The number of phenols is 1. The Morgan fingerprint density at radius 2 is 1.65 bits per heavy atom. The van der Waals surface area contributed by atoms with E-state index in [1.54, 1.807) is 48.5 Å². The van der Waals surface area contributed by atoms with Crippen molar-refractivity contribution in [3.8, 4) is 17.2 Å². The first-order valence-electron chi connectivity index (χ1n) is 11.6. The molecule has 0 atom stereocenters. The molecule has 34 heavy (non-hydrogen) atoms. The van der Waals surface area contributed by atoms with Crippen molar-refractivity contribution in [1.82, 2.24) is 0 Å². The highest BCUT2D eigenvalue weighted by molar-refractivity contribution is 6.33. The van der Waals surface area contributed by atoms with Crippen LogP contribution in [-0.4, -0.2) is 23.9 Å². The van der Waals surface area contributed by atoms with Crippen LogP contribution >= 0.6 is 11.6 Å². The number of hydrogen-bond acceptors (Lipinski definition) is 5. The van der Waals surface area contributed by atoms with E-state index in [1.807, 2.05) is 12.1 Å². The lowest BCUT2D eigenvalue weighted by Crippen LogP contribution is -2.08. The average molecular weight is 480 g/mol. The second-order valence-electron chi connectivity index (χ2n) is 7.96. The van der Waals surface area contributed by atoms with Crippen molar-refractivity contribution in [2.45, 2.75) is 45.4 Å². The number of rotatable bonds is 12. The van der Waals surface area contributed by atoms with Crippen molar-refractivity contribution in [1.29, 1.82) is 0 Å². The molecular formula is C28H30ClNO4. The number of aromatic hydroxyl groups is 1. The third-order valence-electron chi connectivity index (χ3n) is 5.26. The normalized spacial score (nSPS) is 11.0. The lowest BCUT2D eigenvalue weighted by molar-refractivity contribution is 0.0734. The van der Waals surface area contributed by atoms with Gasteiger partial charge in [0, 0.05) is 17.8 Å². The monoisotopic (exact) mass is 479 g/mol. The van der Waals surface area contributed by atoms with Crippen LogP contribution < -0.4 is 9.47 Å². The van der Waals surface area contributed by atoms with Gasteiger partial charge in [-0.25, -0.2) is 4.79 Å². The van der Waals surface area contributed by atoms with Gasteiger partial charge in [0.1, 0.15) is 17.2 Å². The zero-order valence-corrected chi connectivity index (χ0v) is 20.1. The molecule has 178 valence electrons. The number of unbranched alkanes of at least 4 members (excludes halogenated alkanes) is 5. The summed E-state index contributed by atoms with van der Waals surface area (Å²) in [5, 5.41) is 10.8. The molecule has 3 aromatic rings. The molecule has 0 unspecified atom stereocenters. The Bertz CT molecular complexity index is 1100. The van der Waals surface area contributed by atoms with Gasteiger partial charge in [-0.05, 0) is 55.0 Å². The van der Waals surface area contributed by atoms with Crippen molar-refractivity contribution in [2.75, 3.05) is 6.61 Å². The molecule has 0 fully saturated rings. The predicted octanol–water partition coefficient (Wildman–Crippen LogP) is 7.75. The number of hydrogen-bond donors (Lipinski definition) is 1.